The van der Waals surface area contributed by atoms with Crippen LogP contribution in [0.5, 0.6) is 0 Å². The average molecular weight is 347 g/mol. The molecule has 0 fully saturated rings. The molecule has 4 heteroatoms. The van der Waals surface area contributed by atoms with Crippen LogP contribution in [0.3, 0.4) is 0 Å². The van der Waals surface area contributed by atoms with Crippen molar-refractivity contribution < 1.29 is 0 Å². The maximum Gasteiger partial charge on any atom is 0.0595 e. The summed E-state index contributed by atoms with van der Waals surface area (Å²) in [6, 6.07) is 3.85. The maximum absolute atomic E-state index is 5.92. The van der Waals surface area contributed by atoms with Gasteiger partial charge in [-0.2, -0.15) is 0 Å². The molecule has 0 amide bonds. The van der Waals surface area contributed by atoms with E-state index in [0.717, 1.165) is 17.1 Å². The van der Waals surface area contributed by atoms with Crippen LogP contribution in [0.15, 0.2) is 12.1 Å². The molecule has 1 aromatic rings. The van der Waals surface area contributed by atoms with Gasteiger partial charge in [0.2, 0.25) is 0 Å². The van der Waals surface area contributed by atoms with Gasteiger partial charge < -0.3 is 0 Å². The van der Waals surface area contributed by atoms with Gasteiger partial charge >= 0.3 is 0 Å². The quantitative estimate of drug-likeness (QED) is 0.688. The van der Waals surface area contributed by atoms with Crippen LogP contribution in [0.4, 0.5) is 0 Å². The first-order chi connectivity index (χ1) is 6.19. The zero-order chi connectivity index (χ0) is 9.84. The van der Waals surface area contributed by atoms with Gasteiger partial charge in [-0.25, -0.2) is 0 Å². The number of alkyl halides is 2. The fourth-order valence-electron chi connectivity index (χ4n) is 1.09. The predicted octanol–water partition coefficient (Wildman–Crippen LogP) is 4.83. The van der Waals surface area contributed by atoms with E-state index in [0.29, 0.717) is 10.0 Å². The van der Waals surface area contributed by atoms with Crippen molar-refractivity contribution in [1.29, 1.82) is 0 Å². The molecular formula is C9H8Br2Cl2. The average Bonchev–Trinajstić information content (AvgIpc) is 2.11. The lowest BCUT2D eigenvalue weighted by Gasteiger charge is -2.07. The van der Waals surface area contributed by atoms with Crippen molar-refractivity contribution in [2.24, 2.45) is 0 Å². The molecule has 0 N–H and O–H groups in total. The molecule has 72 valence electrons. The number of hydrogen-bond donors (Lipinski definition) is 0. The van der Waals surface area contributed by atoms with E-state index in [2.05, 4.69) is 31.9 Å². The van der Waals surface area contributed by atoms with E-state index in [9.17, 15) is 0 Å². The minimum Gasteiger partial charge on any atom is -0.0924 e. The highest BCUT2D eigenvalue weighted by molar-refractivity contribution is 9.09. The van der Waals surface area contributed by atoms with Crippen molar-refractivity contribution in [2.45, 2.75) is 11.8 Å². The lowest BCUT2D eigenvalue weighted by atomic mass is 10.1. The van der Waals surface area contributed by atoms with Crippen LogP contribution < -0.4 is 0 Å². The van der Waals surface area contributed by atoms with E-state index < -0.39 is 0 Å². The molecule has 0 unspecified atom stereocenters. The van der Waals surface area contributed by atoms with Crippen LogP contribution >= 0.6 is 55.1 Å². The van der Waals surface area contributed by atoms with Crippen molar-refractivity contribution in [1.82, 2.24) is 0 Å². The lowest BCUT2D eigenvalue weighted by molar-refractivity contribution is 1.13. The third-order valence-corrected chi connectivity index (χ3v) is 3.47. The zero-order valence-electron chi connectivity index (χ0n) is 6.79. The zero-order valence-corrected chi connectivity index (χ0v) is 11.5. The summed E-state index contributed by atoms with van der Waals surface area (Å²) in [5.74, 6) is 0. The molecule has 0 saturated heterocycles. The van der Waals surface area contributed by atoms with Crippen LogP contribution in [-0.2, 0) is 11.8 Å². The summed E-state index contributed by atoms with van der Waals surface area (Å²) in [4.78, 5) is 0. The Balaban J connectivity index is 3.09. The third kappa shape index (κ3) is 3.12. The Labute approximate surface area is 105 Å². The van der Waals surface area contributed by atoms with Gasteiger partial charge in [-0.05, 0) is 29.7 Å². The van der Waals surface area contributed by atoms with E-state index in [4.69, 9.17) is 23.2 Å². The number of hydrogen-bond acceptors (Lipinski definition) is 0. The largest absolute Gasteiger partial charge is 0.0924 e. The predicted molar refractivity (Wildman–Crippen MR) is 66.6 cm³/mol. The van der Waals surface area contributed by atoms with Crippen molar-refractivity contribution in [3.05, 3.63) is 33.3 Å². The third-order valence-electron chi connectivity index (χ3n) is 1.75. The van der Waals surface area contributed by atoms with E-state index in [-0.39, 0.29) is 0 Å². The monoisotopic (exact) mass is 344 g/mol. The highest BCUT2D eigenvalue weighted by Crippen LogP contribution is 2.27. The minimum atomic E-state index is 0.620. The lowest BCUT2D eigenvalue weighted by Crippen LogP contribution is -1.93. The van der Waals surface area contributed by atoms with Crippen molar-refractivity contribution in [3.8, 4) is 0 Å². The van der Waals surface area contributed by atoms with E-state index in [1.807, 2.05) is 12.1 Å². The topological polar surface area (TPSA) is 0 Å². The van der Waals surface area contributed by atoms with Crippen molar-refractivity contribution in [2.75, 3.05) is 5.33 Å². The van der Waals surface area contributed by atoms with Crippen molar-refractivity contribution in [3.63, 3.8) is 0 Å². The Bertz CT molecular complexity index is 300. The van der Waals surface area contributed by atoms with Crippen LogP contribution in [0.25, 0.3) is 0 Å². The van der Waals surface area contributed by atoms with Gasteiger partial charge in [0.05, 0.1) is 10.0 Å². The number of rotatable bonds is 3. The van der Waals surface area contributed by atoms with Gasteiger partial charge in [-0.1, -0.05) is 55.1 Å². The molecule has 0 aliphatic rings. The Hall–Kier alpha value is 0.760. The molecule has 1 rings (SSSR count). The SMILES string of the molecule is Clc1cc(CBr)c(CCBr)cc1Cl. The smallest absolute Gasteiger partial charge is 0.0595 e. The van der Waals surface area contributed by atoms with E-state index in [1.165, 1.54) is 11.1 Å². The summed E-state index contributed by atoms with van der Waals surface area (Å²) in [5, 5.41) is 2.99. The standard InChI is InChI=1S/C9H8Br2Cl2/c10-2-1-6-3-8(12)9(13)4-7(6)5-11/h3-4H,1-2,5H2. The minimum absolute atomic E-state index is 0.620. The van der Waals surface area contributed by atoms with Crippen LogP contribution in [0.1, 0.15) is 11.1 Å². The summed E-state index contributed by atoms with van der Waals surface area (Å²) in [5.41, 5.74) is 2.44. The van der Waals surface area contributed by atoms with E-state index in [1.54, 1.807) is 0 Å². The summed E-state index contributed by atoms with van der Waals surface area (Å²) in [7, 11) is 0. The molecule has 0 spiro atoms. The number of benzene rings is 1. The highest BCUT2D eigenvalue weighted by Gasteiger charge is 2.05. The van der Waals surface area contributed by atoms with Gasteiger partial charge in [0.15, 0.2) is 0 Å². The Morgan fingerprint density at radius 3 is 2.00 bits per heavy atom. The van der Waals surface area contributed by atoms with Gasteiger partial charge in [0.1, 0.15) is 0 Å². The molecule has 0 bridgehead atoms. The fourth-order valence-corrected chi connectivity index (χ4v) is 2.41. The normalized spacial score (nSPS) is 10.5. The number of halogens is 4. The molecule has 0 radical (unpaired) electrons. The Morgan fingerprint density at radius 2 is 1.54 bits per heavy atom. The summed E-state index contributed by atoms with van der Waals surface area (Å²) < 4.78 is 0. The van der Waals surface area contributed by atoms with Crippen LogP contribution in [0.2, 0.25) is 10.0 Å². The molecule has 0 saturated carbocycles. The molecule has 13 heavy (non-hydrogen) atoms. The highest BCUT2D eigenvalue weighted by atomic mass is 79.9. The van der Waals surface area contributed by atoms with Gasteiger partial charge in [0, 0.05) is 10.7 Å². The first kappa shape index (κ1) is 11.8. The second-order valence-corrected chi connectivity index (χ2v) is 4.78. The van der Waals surface area contributed by atoms with Gasteiger partial charge in [0.25, 0.3) is 0 Å². The summed E-state index contributed by atoms with van der Waals surface area (Å²) in [6.07, 6.45) is 0.970. The van der Waals surface area contributed by atoms with Gasteiger partial charge in [-0.15, -0.1) is 0 Å². The first-order valence-corrected chi connectivity index (χ1v) is 6.77. The van der Waals surface area contributed by atoms with Crippen LogP contribution in [-0.4, -0.2) is 5.33 Å². The molecule has 0 aliphatic heterocycles. The molecular weight excluding hydrogens is 339 g/mol. The van der Waals surface area contributed by atoms with E-state index >= 15 is 0 Å². The second-order valence-electron chi connectivity index (χ2n) is 2.61. The maximum atomic E-state index is 5.92. The molecule has 0 aromatic heterocycles. The Kier molecular flexibility index (Phi) is 5.09. The Morgan fingerprint density at radius 1 is 1.00 bits per heavy atom. The summed E-state index contributed by atoms with van der Waals surface area (Å²) >= 11 is 18.6. The van der Waals surface area contributed by atoms with Gasteiger partial charge in [-0.3, -0.25) is 0 Å². The molecule has 0 heterocycles. The van der Waals surface area contributed by atoms with Crippen LogP contribution in [0, 0.1) is 0 Å². The molecule has 0 nitrogen and oxygen atoms in total. The second kappa shape index (κ2) is 5.59. The molecule has 1 aromatic carbocycles. The molecule has 0 aliphatic carbocycles. The fraction of sp³-hybridized carbons (Fsp3) is 0.333. The first-order valence-electron chi connectivity index (χ1n) is 3.77. The van der Waals surface area contributed by atoms with Crippen molar-refractivity contribution >= 4 is 55.1 Å². The number of aryl methyl sites for hydroxylation is 1. The summed E-state index contributed by atoms with van der Waals surface area (Å²) in [6.45, 7) is 0. The molecule has 0 atom stereocenters.